The van der Waals surface area contributed by atoms with E-state index in [0.717, 1.165) is 11.3 Å². The van der Waals surface area contributed by atoms with Crippen LogP contribution in [0.5, 0.6) is 0 Å². The molecular formula is C8H10F5N. The minimum atomic E-state index is -4.95. The van der Waals surface area contributed by atoms with Gasteiger partial charge in [-0.15, -0.1) is 0 Å². The van der Waals surface area contributed by atoms with E-state index in [1.807, 2.05) is 0 Å². The Morgan fingerprint density at radius 3 is 1.79 bits per heavy atom. The minimum absolute atomic E-state index is 0.0617. The summed E-state index contributed by atoms with van der Waals surface area (Å²) in [6.07, 6.45) is -5.72. The van der Waals surface area contributed by atoms with Crippen LogP contribution in [-0.4, -0.2) is 24.2 Å². The number of alkyl halides is 3. The lowest BCUT2D eigenvalue weighted by atomic mass is 10.1. The van der Waals surface area contributed by atoms with E-state index in [2.05, 4.69) is 0 Å². The molecule has 0 N–H and O–H groups in total. The van der Waals surface area contributed by atoms with Crippen molar-refractivity contribution in [2.75, 3.05) is 13.1 Å². The second-order valence-electron chi connectivity index (χ2n) is 3.15. The highest BCUT2D eigenvalue weighted by atomic mass is 19.4. The van der Waals surface area contributed by atoms with Crippen molar-refractivity contribution in [1.29, 1.82) is 0 Å². The first kappa shape index (κ1) is 11.3. The Morgan fingerprint density at radius 2 is 1.43 bits per heavy atom. The molecule has 1 fully saturated rings. The highest BCUT2D eigenvalue weighted by molar-refractivity contribution is 5.09. The molecule has 0 bridgehead atoms. The largest absolute Gasteiger partial charge is 0.436 e. The van der Waals surface area contributed by atoms with Crippen LogP contribution in [-0.2, 0) is 0 Å². The third-order valence-electron chi connectivity index (χ3n) is 2.12. The third-order valence-corrected chi connectivity index (χ3v) is 2.12. The normalized spacial score (nSPS) is 18.2. The number of rotatable bonds is 1. The van der Waals surface area contributed by atoms with Gasteiger partial charge in [0.1, 0.15) is 0 Å². The molecule has 6 heteroatoms. The van der Waals surface area contributed by atoms with Gasteiger partial charge >= 0.3 is 6.18 Å². The summed E-state index contributed by atoms with van der Waals surface area (Å²) in [6, 6.07) is 0. The van der Waals surface area contributed by atoms with Crippen molar-refractivity contribution in [3.05, 3.63) is 11.8 Å². The summed E-state index contributed by atoms with van der Waals surface area (Å²) < 4.78 is 60.7. The van der Waals surface area contributed by atoms with Crippen LogP contribution in [0.15, 0.2) is 11.8 Å². The molecule has 0 aromatic rings. The van der Waals surface area contributed by atoms with Crippen molar-refractivity contribution >= 4 is 0 Å². The molecule has 0 saturated carbocycles. The topological polar surface area (TPSA) is 3.24 Å². The average Bonchev–Trinajstić information content (AvgIpc) is 2.02. The van der Waals surface area contributed by atoms with Crippen molar-refractivity contribution in [2.24, 2.45) is 0 Å². The summed E-state index contributed by atoms with van der Waals surface area (Å²) in [5.74, 6) is 0. The van der Waals surface area contributed by atoms with Crippen molar-refractivity contribution in [2.45, 2.75) is 25.4 Å². The van der Waals surface area contributed by atoms with E-state index in [0.29, 0.717) is 12.8 Å². The fourth-order valence-electron chi connectivity index (χ4n) is 1.52. The van der Waals surface area contributed by atoms with Gasteiger partial charge in [-0.25, -0.2) is 0 Å². The Bertz CT molecular complexity index is 222. The molecule has 1 aliphatic rings. The second-order valence-corrected chi connectivity index (χ2v) is 3.15. The summed E-state index contributed by atoms with van der Waals surface area (Å²) in [5, 5.41) is 0. The van der Waals surface area contributed by atoms with Crippen LogP contribution in [0.25, 0.3) is 0 Å². The lowest BCUT2D eigenvalue weighted by Crippen LogP contribution is -2.36. The summed E-state index contributed by atoms with van der Waals surface area (Å²) in [5.41, 5.74) is -1.77. The predicted octanol–water partition coefficient (Wildman–Crippen LogP) is 3.14. The van der Waals surface area contributed by atoms with E-state index in [-0.39, 0.29) is 13.1 Å². The Labute approximate surface area is 78.2 Å². The zero-order chi connectivity index (χ0) is 10.8. The molecule has 0 atom stereocenters. The molecule has 1 heterocycles. The number of allylic oxidation sites excluding steroid dienone is 1. The van der Waals surface area contributed by atoms with E-state index >= 15 is 0 Å². The quantitative estimate of drug-likeness (QED) is 0.607. The van der Waals surface area contributed by atoms with Gasteiger partial charge in [-0.3, -0.25) is 0 Å². The van der Waals surface area contributed by atoms with Crippen LogP contribution in [0.1, 0.15) is 19.3 Å². The van der Waals surface area contributed by atoms with Crippen LogP contribution in [0.4, 0.5) is 22.0 Å². The lowest BCUT2D eigenvalue weighted by molar-refractivity contribution is -0.117. The summed E-state index contributed by atoms with van der Waals surface area (Å²) in [4.78, 5) is 0.721. The Morgan fingerprint density at radius 1 is 0.929 bits per heavy atom. The average molecular weight is 215 g/mol. The second kappa shape index (κ2) is 4.14. The monoisotopic (exact) mass is 215 g/mol. The molecule has 1 nitrogen and oxygen atoms in total. The molecule has 0 aromatic carbocycles. The standard InChI is InChI=1S/C8H10F5N/c9-7(10)6(8(11,12)13)14-4-2-1-3-5-14/h1-5H2. The van der Waals surface area contributed by atoms with Gasteiger partial charge in [0.15, 0.2) is 5.70 Å². The van der Waals surface area contributed by atoms with Gasteiger partial charge in [-0.2, -0.15) is 22.0 Å². The first-order chi connectivity index (χ1) is 6.43. The van der Waals surface area contributed by atoms with Crippen molar-refractivity contribution in [1.82, 2.24) is 4.90 Å². The van der Waals surface area contributed by atoms with Crippen LogP contribution in [0, 0.1) is 0 Å². The molecule has 0 unspecified atom stereocenters. The van der Waals surface area contributed by atoms with Crippen LogP contribution in [0.2, 0.25) is 0 Å². The fraction of sp³-hybridized carbons (Fsp3) is 0.750. The Balaban J connectivity index is 2.83. The van der Waals surface area contributed by atoms with E-state index < -0.39 is 18.0 Å². The zero-order valence-corrected chi connectivity index (χ0v) is 7.37. The maximum atomic E-state index is 12.2. The van der Waals surface area contributed by atoms with E-state index in [4.69, 9.17) is 0 Å². The number of likely N-dealkylation sites (tertiary alicyclic amines) is 1. The highest BCUT2D eigenvalue weighted by Crippen LogP contribution is 2.33. The molecule has 1 saturated heterocycles. The van der Waals surface area contributed by atoms with E-state index in [9.17, 15) is 22.0 Å². The molecule has 0 aliphatic carbocycles. The van der Waals surface area contributed by atoms with Crippen LogP contribution < -0.4 is 0 Å². The number of halogens is 5. The molecule has 14 heavy (non-hydrogen) atoms. The van der Waals surface area contributed by atoms with Crippen molar-refractivity contribution in [3.63, 3.8) is 0 Å². The molecule has 0 aromatic heterocycles. The summed E-state index contributed by atoms with van der Waals surface area (Å²) in [7, 11) is 0. The molecule has 1 aliphatic heterocycles. The molecule has 1 rings (SSSR count). The van der Waals surface area contributed by atoms with Crippen molar-refractivity contribution in [3.8, 4) is 0 Å². The van der Waals surface area contributed by atoms with E-state index in [1.54, 1.807) is 0 Å². The number of piperidine rings is 1. The van der Waals surface area contributed by atoms with Gasteiger partial charge < -0.3 is 4.90 Å². The fourth-order valence-corrected chi connectivity index (χ4v) is 1.52. The van der Waals surface area contributed by atoms with Gasteiger partial charge in [0.05, 0.1) is 0 Å². The first-order valence-electron chi connectivity index (χ1n) is 4.30. The molecule has 0 spiro atoms. The Hall–Kier alpha value is -0.810. The van der Waals surface area contributed by atoms with Crippen LogP contribution in [0.3, 0.4) is 0 Å². The highest BCUT2D eigenvalue weighted by Gasteiger charge is 2.41. The zero-order valence-electron chi connectivity index (χ0n) is 7.37. The maximum absolute atomic E-state index is 12.2. The van der Waals surface area contributed by atoms with Gasteiger partial charge in [-0.05, 0) is 19.3 Å². The predicted molar refractivity (Wildman–Crippen MR) is 40.7 cm³/mol. The van der Waals surface area contributed by atoms with Gasteiger partial charge in [0, 0.05) is 13.1 Å². The van der Waals surface area contributed by atoms with Crippen LogP contribution >= 0.6 is 0 Å². The lowest BCUT2D eigenvalue weighted by Gasteiger charge is -2.30. The smallest absolute Gasteiger partial charge is 0.363 e. The third kappa shape index (κ3) is 2.59. The van der Waals surface area contributed by atoms with E-state index in [1.165, 1.54) is 0 Å². The number of hydrogen-bond acceptors (Lipinski definition) is 1. The van der Waals surface area contributed by atoms with Gasteiger partial charge in [0.25, 0.3) is 6.08 Å². The number of hydrogen-bond donors (Lipinski definition) is 0. The minimum Gasteiger partial charge on any atom is -0.363 e. The summed E-state index contributed by atoms with van der Waals surface area (Å²) in [6.45, 7) is 0.123. The first-order valence-corrected chi connectivity index (χ1v) is 4.30. The van der Waals surface area contributed by atoms with Gasteiger partial charge in [-0.1, -0.05) is 0 Å². The molecular weight excluding hydrogens is 205 g/mol. The molecule has 0 amide bonds. The van der Waals surface area contributed by atoms with Crippen molar-refractivity contribution < 1.29 is 22.0 Å². The molecule has 82 valence electrons. The van der Waals surface area contributed by atoms with Gasteiger partial charge in [0.2, 0.25) is 0 Å². The SMILES string of the molecule is FC(F)=C(N1CCCCC1)C(F)(F)F. The number of nitrogens with zero attached hydrogens (tertiary/aromatic N) is 1. The molecule has 0 radical (unpaired) electrons. The maximum Gasteiger partial charge on any atom is 0.436 e. The Kier molecular flexibility index (Phi) is 3.34. The summed E-state index contributed by atoms with van der Waals surface area (Å²) >= 11 is 0.